The monoisotopic (exact) mass is 415 g/mol. The average molecular weight is 415 g/mol. The first-order valence-corrected chi connectivity index (χ1v) is 9.94. The van der Waals surface area contributed by atoms with E-state index < -0.39 is 11.9 Å². The van der Waals surface area contributed by atoms with Gasteiger partial charge in [-0.1, -0.05) is 60.7 Å². The van der Waals surface area contributed by atoms with Crippen molar-refractivity contribution in [2.75, 3.05) is 7.11 Å². The number of esters is 1. The van der Waals surface area contributed by atoms with Crippen LogP contribution in [-0.2, 0) is 9.53 Å². The van der Waals surface area contributed by atoms with Gasteiger partial charge in [0.15, 0.2) is 0 Å². The molecule has 0 amide bonds. The summed E-state index contributed by atoms with van der Waals surface area (Å²) in [5.41, 5.74) is 7.84. The van der Waals surface area contributed by atoms with Crippen molar-refractivity contribution in [1.82, 2.24) is 4.57 Å². The molecule has 1 aliphatic rings. The maximum Gasteiger partial charge on any atom is 0.337 e. The van der Waals surface area contributed by atoms with Crippen LogP contribution in [0, 0.1) is 11.3 Å². The van der Waals surface area contributed by atoms with Crippen LogP contribution in [-0.4, -0.2) is 17.6 Å². The number of nitrogens with two attached hydrogens (primary N) is 1. The number of carbonyl (C=O) groups is 1. The van der Waals surface area contributed by atoms with Crippen molar-refractivity contribution in [3.63, 3.8) is 0 Å². The molecular formula is C23H17N3O3S. The topological polar surface area (TPSA) is 98.1 Å². The van der Waals surface area contributed by atoms with Crippen LogP contribution >= 0.6 is 11.3 Å². The standard InChI is InChI=1S/C23H17N3O3S/c1-29-23(28)19-18(15-10-6-3-7-11-15)16(13-24)20(25)26-21(27)17(30-22(19)26)12-14-8-4-2-5-9-14/h2-12,18H,25H2,1H3/b17-12-/t18-/m0/s1. The van der Waals surface area contributed by atoms with Crippen molar-refractivity contribution in [2.45, 2.75) is 5.92 Å². The van der Waals surface area contributed by atoms with Gasteiger partial charge in [-0.3, -0.25) is 9.36 Å². The van der Waals surface area contributed by atoms with E-state index in [1.165, 1.54) is 11.7 Å². The van der Waals surface area contributed by atoms with Gasteiger partial charge in [-0.05, 0) is 17.2 Å². The molecule has 0 saturated heterocycles. The predicted octanol–water partition coefficient (Wildman–Crippen LogP) is 1.51. The highest BCUT2D eigenvalue weighted by Crippen LogP contribution is 2.36. The molecule has 2 heterocycles. The predicted molar refractivity (Wildman–Crippen MR) is 115 cm³/mol. The van der Waals surface area contributed by atoms with Gasteiger partial charge in [0.2, 0.25) is 0 Å². The summed E-state index contributed by atoms with van der Waals surface area (Å²) in [6.45, 7) is 0. The zero-order chi connectivity index (χ0) is 21.3. The van der Waals surface area contributed by atoms with E-state index in [0.717, 1.165) is 22.5 Å². The number of nitrogens with zero attached hydrogens (tertiary/aromatic N) is 2. The summed E-state index contributed by atoms with van der Waals surface area (Å²) >= 11 is 1.16. The molecule has 0 radical (unpaired) electrons. The molecule has 0 fully saturated rings. The number of benzene rings is 2. The van der Waals surface area contributed by atoms with Gasteiger partial charge >= 0.3 is 5.97 Å². The van der Waals surface area contributed by atoms with Crippen molar-refractivity contribution in [3.8, 4) is 6.07 Å². The minimum atomic E-state index is -0.716. The SMILES string of the molecule is COC(=O)C1=c2s/c(=C\c3ccccc3)c(=O)n2C(N)=C(C#N)[C@@H]1c1ccccc1. The van der Waals surface area contributed by atoms with E-state index in [9.17, 15) is 14.9 Å². The van der Waals surface area contributed by atoms with Crippen molar-refractivity contribution >= 4 is 34.8 Å². The molecule has 0 spiro atoms. The summed E-state index contributed by atoms with van der Waals surface area (Å²) in [7, 11) is 1.28. The van der Waals surface area contributed by atoms with Crippen LogP contribution < -0.4 is 20.5 Å². The molecule has 148 valence electrons. The third-order valence-corrected chi connectivity index (χ3v) is 6.01. The molecule has 0 aliphatic carbocycles. The molecular weight excluding hydrogens is 398 g/mol. The third-order valence-electron chi connectivity index (χ3n) is 4.90. The van der Waals surface area contributed by atoms with Gasteiger partial charge in [0.1, 0.15) is 10.5 Å². The minimum Gasteiger partial charge on any atom is -0.466 e. The second kappa shape index (κ2) is 7.85. The molecule has 0 unspecified atom stereocenters. The van der Waals surface area contributed by atoms with E-state index in [0.29, 0.717) is 9.20 Å². The maximum absolute atomic E-state index is 13.1. The zero-order valence-electron chi connectivity index (χ0n) is 16.0. The van der Waals surface area contributed by atoms with Gasteiger partial charge < -0.3 is 10.5 Å². The van der Waals surface area contributed by atoms with E-state index in [1.54, 1.807) is 6.08 Å². The second-order valence-electron chi connectivity index (χ2n) is 6.63. The van der Waals surface area contributed by atoms with Crippen molar-refractivity contribution in [3.05, 3.63) is 96.9 Å². The largest absolute Gasteiger partial charge is 0.466 e. The van der Waals surface area contributed by atoms with Crippen LogP contribution in [0.25, 0.3) is 17.5 Å². The minimum absolute atomic E-state index is 0.0305. The summed E-state index contributed by atoms with van der Waals surface area (Å²) in [4.78, 5) is 26.0. The first kappa shape index (κ1) is 19.4. The highest BCUT2D eigenvalue weighted by atomic mass is 32.1. The highest BCUT2D eigenvalue weighted by Gasteiger charge is 2.35. The van der Waals surface area contributed by atoms with Crippen LogP contribution in [0.1, 0.15) is 17.0 Å². The van der Waals surface area contributed by atoms with Crippen molar-refractivity contribution in [1.29, 1.82) is 5.26 Å². The fourth-order valence-corrected chi connectivity index (χ4v) is 4.70. The quantitative estimate of drug-likeness (QED) is 0.654. The van der Waals surface area contributed by atoms with E-state index in [2.05, 4.69) is 6.07 Å². The van der Waals surface area contributed by atoms with Crippen LogP contribution in [0.15, 0.2) is 71.0 Å². The van der Waals surface area contributed by atoms with E-state index in [1.807, 2.05) is 60.7 Å². The molecule has 3 aromatic rings. The molecule has 1 atom stereocenters. The molecule has 2 N–H and O–H groups in total. The zero-order valence-corrected chi connectivity index (χ0v) is 16.8. The lowest BCUT2D eigenvalue weighted by molar-refractivity contribution is -0.134. The van der Waals surface area contributed by atoms with E-state index in [-0.39, 0.29) is 22.5 Å². The number of nitriles is 1. The molecule has 2 aromatic carbocycles. The van der Waals surface area contributed by atoms with Crippen LogP contribution in [0.2, 0.25) is 0 Å². The van der Waals surface area contributed by atoms with Gasteiger partial charge in [0.05, 0.1) is 34.8 Å². The fourth-order valence-electron chi connectivity index (χ4n) is 3.53. The second-order valence-corrected chi connectivity index (χ2v) is 7.66. The van der Waals surface area contributed by atoms with E-state index in [4.69, 9.17) is 10.5 Å². The molecule has 1 aliphatic heterocycles. The molecule has 0 saturated carbocycles. The highest BCUT2D eigenvalue weighted by molar-refractivity contribution is 7.07. The Morgan fingerprint density at radius 3 is 2.40 bits per heavy atom. The number of hydrogen-bond acceptors (Lipinski definition) is 6. The van der Waals surface area contributed by atoms with Crippen molar-refractivity contribution < 1.29 is 9.53 Å². The molecule has 4 rings (SSSR count). The molecule has 7 heteroatoms. The van der Waals surface area contributed by atoms with Crippen LogP contribution in [0.4, 0.5) is 0 Å². The molecule has 6 nitrogen and oxygen atoms in total. The number of ether oxygens (including phenoxy) is 1. The first-order valence-electron chi connectivity index (χ1n) is 9.13. The molecule has 0 bridgehead atoms. The average Bonchev–Trinajstić information content (AvgIpc) is 3.10. The maximum atomic E-state index is 13.1. The fraction of sp³-hybridized carbons (Fsp3) is 0.0870. The number of allylic oxidation sites excluding steroid dienone is 1. The molecule has 30 heavy (non-hydrogen) atoms. The van der Waals surface area contributed by atoms with Crippen molar-refractivity contribution in [2.24, 2.45) is 5.73 Å². The summed E-state index contributed by atoms with van der Waals surface area (Å²) in [5.74, 6) is -1.29. The lowest BCUT2D eigenvalue weighted by Gasteiger charge is -2.24. The Morgan fingerprint density at radius 1 is 1.17 bits per heavy atom. The Bertz CT molecular complexity index is 1380. The Kier molecular flexibility index (Phi) is 5.09. The number of aromatic nitrogens is 1. The van der Waals surface area contributed by atoms with Gasteiger partial charge in [-0.25, -0.2) is 4.79 Å². The van der Waals surface area contributed by atoms with Crippen LogP contribution in [0.3, 0.4) is 0 Å². The Morgan fingerprint density at radius 2 is 1.80 bits per heavy atom. The third kappa shape index (κ3) is 3.13. The first-order chi connectivity index (χ1) is 14.6. The summed E-state index contributed by atoms with van der Waals surface area (Å²) in [6, 6.07) is 20.6. The van der Waals surface area contributed by atoms with Gasteiger partial charge in [0.25, 0.3) is 5.56 Å². The number of fused-ring (bicyclic) bond motifs is 1. The summed E-state index contributed by atoms with van der Waals surface area (Å²) < 4.78 is 7.05. The Hall–Kier alpha value is -3.89. The van der Waals surface area contributed by atoms with Crippen LogP contribution in [0.5, 0.6) is 0 Å². The Balaban J connectivity index is 2.12. The van der Waals surface area contributed by atoms with Gasteiger partial charge in [-0.2, -0.15) is 5.26 Å². The number of rotatable bonds is 3. The normalized spacial score (nSPS) is 16.2. The number of carbonyl (C=O) groups excluding carboxylic acids is 1. The number of thiazole rings is 1. The number of methoxy groups -OCH3 is 1. The van der Waals surface area contributed by atoms with Gasteiger partial charge in [0, 0.05) is 0 Å². The summed E-state index contributed by atoms with van der Waals surface area (Å²) in [6.07, 6.45) is 1.74. The smallest absolute Gasteiger partial charge is 0.337 e. The summed E-state index contributed by atoms with van der Waals surface area (Å²) in [5, 5.41) is 9.85. The lowest BCUT2D eigenvalue weighted by Crippen LogP contribution is -2.40. The Labute approximate surface area is 176 Å². The molecule has 1 aromatic heterocycles. The lowest BCUT2D eigenvalue weighted by atomic mass is 9.84. The number of hydrogen-bond donors (Lipinski definition) is 1. The van der Waals surface area contributed by atoms with Gasteiger partial charge in [-0.15, -0.1) is 11.3 Å². The van der Waals surface area contributed by atoms with E-state index >= 15 is 0 Å².